The number of rotatable bonds is 3. The van der Waals surface area contributed by atoms with Crippen LogP contribution in [0, 0.1) is 0 Å². The van der Waals surface area contributed by atoms with Crippen LogP contribution in [0.5, 0.6) is 0 Å². The lowest BCUT2D eigenvalue weighted by Crippen LogP contribution is -2.27. The van der Waals surface area contributed by atoms with E-state index in [2.05, 4.69) is 19.8 Å². The molecule has 0 spiro atoms. The van der Waals surface area contributed by atoms with E-state index < -0.39 is 11.7 Å². The van der Waals surface area contributed by atoms with E-state index in [0.29, 0.717) is 11.4 Å². The van der Waals surface area contributed by atoms with Gasteiger partial charge < -0.3 is 9.84 Å². The van der Waals surface area contributed by atoms with E-state index in [-0.39, 0.29) is 5.69 Å². The van der Waals surface area contributed by atoms with Crippen LogP contribution in [0.2, 0.25) is 0 Å². The molecule has 2 rings (SSSR count). The predicted molar refractivity (Wildman–Crippen MR) is 66.1 cm³/mol. The smallest absolute Gasteiger partial charge is 0.359 e. The van der Waals surface area contributed by atoms with Crippen LogP contribution >= 0.6 is 0 Å². The van der Waals surface area contributed by atoms with E-state index in [1.54, 1.807) is 19.9 Å². The molecular weight excluding hydrogens is 248 g/mol. The number of methoxy groups -OCH3 is 1. The molecule has 100 valence electrons. The van der Waals surface area contributed by atoms with Gasteiger partial charge in [-0.15, -0.1) is 0 Å². The number of ether oxygens (including phenoxy) is 1. The molecule has 0 saturated heterocycles. The maximum Gasteiger partial charge on any atom is 0.359 e. The summed E-state index contributed by atoms with van der Waals surface area (Å²) in [6.45, 7) is 3.16. The molecule has 2 aromatic rings. The molecule has 0 saturated carbocycles. The zero-order valence-electron chi connectivity index (χ0n) is 10.9. The first-order chi connectivity index (χ1) is 8.95. The van der Waals surface area contributed by atoms with Crippen molar-refractivity contribution < 1.29 is 14.6 Å². The lowest BCUT2D eigenvalue weighted by Gasteiger charge is -2.21. The highest BCUT2D eigenvalue weighted by Gasteiger charge is 2.24. The third-order valence-electron chi connectivity index (χ3n) is 2.48. The Kier molecular flexibility index (Phi) is 3.30. The third-order valence-corrected chi connectivity index (χ3v) is 2.48. The Morgan fingerprint density at radius 2 is 2.00 bits per heavy atom. The summed E-state index contributed by atoms with van der Waals surface area (Å²) in [5.74, 6) is -0.591. The molecule has 0 aliphatic rings. The van der Waals surface area contributed by atoms with Gasteiger partial charge in [0.2, 0.25) is 0 Å². The first-order valence-electron chi connectivity index (χ1n) is 5.61. The highest BCUT2D eigenvalue weighted by Crippen LogP contribution is 2.24. The summed E-state index contributed by atoms with van der Waals surface area (Å²) in [5, 5.41) is 14.1. The molecule has 0 radical (unpaired) electrons. The summed E-state index contributed by atoms with van der Waals surface area (Å²) in [4.78, 5) is 19.8. The van der Waals surface area contributed by atoms with Crippen LogP contribution < -0.4 is 0 Å². The Hall–Kier alpha value is -2.28. The van der Waals surface area contributed by atoms with Gasteiger partial charge in [-0.1, -0.05) is 0 Å². The molecule has 0 aliphatic carbocycles. The highest BCUT2D eigenvalue weighted by atomic mass is 16.5. The Morgan fingerprint density at radius 3 is 2.63 bits per heavy atom. The molecule has 7 heteroatoms. The molecule has 0 aromatic carbocycles. The van der Waals surface area contributed by atoms with E-state index in [4.69, 9.17) is 0 Å². The molecule has 7 nitrogen and oxygen atoms in total. The normalized spacial score (nSPS) is 11.4. The number of esters is 1. The van der Waals surface area contributed by atoms with Crippen molar-refractivity contribution in [1.29, 1.82) is 0 Å². The predicted octanol–water partition coefficient (Wildman–Crippen LogP) is 0.812. The van der Waals surface area contributed by atoms with Gasteiger partial charge in [-0.2, -0.15) is 5.10 Å². The molecule has 0 unspecified atom stereocenters. The molecule has 0 fully saturated rings. The van der Waals surface area contributed by atoms with Crippen molar-refractivity contribution >= 4 is 5.97 Å². The average Bonchev–Trinajstić information content (AvgIpc) is 2.87. The van der Waals surface area contributed by atoms with Crippen LogP contribution in [0.3, 0.4) is 0 Å². The number of carbonyl (C=O) groups excluding carboxylic acids is 1. The second-order valence-electron chi connectivity index (χ2n) is 4.37. The second kappa shape index (κ2) is 4.77. The van der Waals surface area contributed by atoms with E-state index >= 15 is 0 Å². The maximum atomic E-state index is 11.7. The Morgan fingerprint density at radius 1 is 1.32 bits per heavy atom. The Labute approximate surface area is 109 Å². The minimum atomic E-state index is -1.22. The number of aromatic nitrogens is 4. The van der Waals surface area contributed by atoms with Crippen LogP contribution in [-0.4, -0.2) is 37.9 Å². The van der Waals surface area contributed by atoms with E-state index in [9.17, 15) is 9.90 Å². The Balaban J connectivity index is 2.61. The van der Waals surface area contributed by atoms with Crippen LogP contribution in [0.25, 0.3) is 11.4 Å². The lowest BCUT2D eigenvalue weighted by atomic mass is 10.2. The minimum Gasteiger partial charge on any atom is -0.464 e. The first kappa shape index (κ1) is 13.2. The van der Waals surface area contributed by atoms with Gasteiger partial charge in [0.05, 0.1) is 12.8 Å². The summed E-state index contributed by atoms with van der Waals surface area (Å²) in [6.07, 6.45) is 4.38. The fourth-order valence-corrected chi connectivity index (χ4v) is 1.69. The van der Waals surface area contributed by atoms with Gasteiger partial charge in [-0.3, -0.25) is 4.98 Å². The molecule has 2 heterocycles. The van der Waals surface area contributed by atoms with Crippen molar-refractivity contribution in [3.05, 3.63) is 30.4 Å². The van der Waals surface area contributed by atoms with Gasteiger partial charge in [0, 0.05) is 18.6 Å². The lowest BCUT2D eigenvalue weighted by molar-refractivity contribution is -0.00871. The average molecular weight is 262 g/mol. The van der Waals surface area contributed by atoms with Crippen molar-refractivity contribution in [3.63, 3.8) is 0 Å². The molecule has 1 N–H and O–H groups in total. The minimum absolute atomic E-state index is 0.0796. The number of aliphatic hydroxyl groups is 1. The number of carbonyl (C=O) groups is 1. The third kappa shape index (κ3) is 2.45. The van der Waals surface area contributed by atoms with Gasteiger partial charge in [0.1, 0.15) is 5.69 Å². The molecule has 2 aromatic heterocycles. The summed E-state index contributed by atoms with van der Waals surface area (Å²) in [5.41, 5.74) is -0.338. The van der Waals surface area contributed by atoms with Gasteiger partial charge in [0.25, 0.3) is 0 Å². The van der Waals surface area contributed by atoms with Crippen LogP contribution in [0.1, 0.15) is 24.3 Å². The monoisotopic (exact) mass is 262 g/mol. The zero-order chi connectivity index (χ0) is 14.0. The first-order valence-corrected chi connectivity index (χ1v) is 5.61. The van der Waals surface area contributed by atoms with Gasteiger partial charge in [-0.25, -0.2) is 14.5 Å². The topological polar surface area (TPSA) is 90.1 Å². The number of hydrogen-bond acceptors (Lipinski definition) is 6. The molecule has 0 aliphatic heterocycles. The zero-order valence-corrected chi connectivity index (χ0v) is 10.9. The largest absolute Gasteiger partial charge is 0.464 e. The van der Waals surface area contributed by atoms with Crippen molar-refractivity contribution in [2.24, 2.45) is 0 Å². The van der Waals surface area contributed by atoms with Gasteiger partial charge in [-0.05, 0) is 19.9 Å². The van der Waals surface area contributed by atoms with Crippen molar-refractivity contribution in [1.82, 2.24) is 19.7 Å². The van der Waals surface area contributed by atoms with Crippen LogP contribution in [0.4, 0.5) is 0 Å². The molecule has 0 bridgehead atoms. The Bertz CT molecular complexity index is 601. The number of hydrogen-bond donors (Lipinski definition) is 1. The SMILES string of the molecule is COC(=O)c1nccnc1-c1ccnn1C(C)(C)O. The summed E-state index contributed by atoms with van der Waals surface area (Å²) >= 11 is 0. The quantitative estimate of drug-likeness (QED) is 0.823. The van der Waals surface area contributed by atoms with E-state index in [1.807, 2.05) is 0 Å². The fourth-order valence-electron chi connectivity index (χ4n) is 1.69. The van der Waals surface area contributed by atoms with Crippen LogP contribution in [0.15, 0.2) is 24.7 Å². The molecular formula is C12H14N4O3. The summed E-state index contributed by atoms with van der Waals surface area (Å²) in [6, 6.07) is 1.65. The second-order valence-corrected chi connectivity index (χ2v) is 4.37. The van der Waals surface area contributed by atoms with E-state index in [1.165, 1.54) is 30.4 Å². The van der Waals surface area contributed by atoms with Gasteiger partial charge >= 0.3 is 5.97 Å². The molecule has 0 atom stereocenters. The van der Waals surface area contributed by atoms with E-state index in [0.717, 1.165) is 0 Å². The maximum absolute atomic E-state index is 11.7. The fraction of sp³-hybridized carbons (Fsp3) is 0.333. The highest BCUT2D eigenvalue weighted by molar-refractivity contribution is 5.93. The number of nitrogens with zero attached hydrogens (tertiary/aromatic N) is 4. The van der Waals surface area contributed by atoms with Gasteiger partial charge in [0.15, 0.2) is 11.4 Å². The van der Waals surface area contributed by atoms with Crippen molar-refractivity contribution in [2.45, 2.75) is 19.6 Å². The standard InChI is InChI=1S/C12H14N4O3/c1-12(2,18)16-8(4-5-15-16)9-10(11(17)19-3)14-7-6-13-9/h4-7,18H,1-3H3. The van der Waals surface area contributed by atoms with Crippen LogP contribution in [-0.2, 0) is 10.5 Å². The van der Waals surface area contributed by atoms with Crippen molar-refractivity contribution in [3.8, 4) is 11.4 Å². The molecule has 19 heavy (non-hydrogen) atoms. The van der Waals surface area contributed by atoms with Crippen molar-refractivity contribution in [2.75, 3.05) is 7.11 Å². The summed E-state index contributed by atoms with van der Waals surface area (Å²) < 4.78 is 6.03. The summed E-state index contributed by atoms with van der Waals surface area (Å²) in [7, 11) is 1.27. The molecule has 0 amide bonds.